The molecule has 0 amide bonds. The highest BCUT2D eigenvalue weighted by molar-refractivity contribution is 7.08. The molecule has 2 nitrogen and oxygen atoms in total. The first-order valence-corrected chi connectivity index (χ1v) is 8.05. The van der Waals surface area contributed by atoms with Crippen molar-refractivity contribution in [3.05, 3.63) is 21.9 Å². The van der Waals surface area contributed by atoms with Gasteiger partial charge in [0.1, 0.15) is 0 Å². The van der Waals surface area contributed by atoms with Gasteiger partial charge in [0.25, 0.3) is 0 Å². The molecule has 102 valence electrons. The van der Waals surface area contributed by atoms with E-state index in [-0.39, 0.29) is 0 Å². The van der Waals surface area contributed by atoms with Gasteiger partial charge in [-0.15, -0.1) is 0 Å². The van der Waals surface area contributed by atoms with Crippen molar-refractivity contribution < 1.29 is 0 Å². The Labute approximate surface area is 115 Å². The lowest BCUT2D eigenvalue weighted by Crippen LogP contribution is -2.57. The molecule has 2 atom stereocenters. The predicted molar refractivity (Wildman–Crippen MR) is 80.2 cm³/mol. The Hall–Kier alpha value is -0.380. The maximum atomic E-state index is 3.69. The van der Waals surface area contributed by atoms with Gasteiger partial charge in [0, 0.05) is 31.7 Å². The van der Waals surface area contributed by atoms with Gasteiger partial charge >= 0.3 is 0 Å². The summed E-state index contributed by atoms with van der Waals surface area (Å²) in [4.78, 5) is 2.68. The van der Waals surface area contributed by atoms with Crippen LogP contribution in [0.15, 0.2) is 10.8 Å². The van der Waals surface area contributed by atoms with Crippen LogP contribution in [0.3, 0.4) is 0 Å². The molecule has 0 spiro atoms. The van der Waals surface area contributed by atoms with E-state index in [1.54, 1.807) is 0 Å². The summed E-state index contributed by atoms with van der Waals surface area (Å²) in [5, 5.41) is 8.26. The van der Waals surface area contributed by atoms with Crippen LogP contribution in [0.1, 0.15) is 38.3 Å². The fourth-order valence-corrected chi connectivity index (χ4v) is 3.63. The smallest absolute Gasteiger partial charge is 0.0248 e. The van der Waals surface area contributed by atoms with E-state index in [9.17, 15) is 0 Å². The fourth-order valence-electron chi connectivity index (χ4n) is 2.78. The van der Waals surface area contributed by atoms with Crippen LogP contribution in [0.2, 0.25) is 0 Å². The molecule has 1 aromatic heterocycles. The number of nitrogens with zero attached hydrogens (tertiary/aromatic N) is 1. The van der Waals surface area contributed by atoms with E-state index in [0.717, 1.165) is 13.1 Å². The summed E-state index contributed by atoms with van der Waals surface area (Å²) in [5.74, 6) is 0.717. The average Bonchev–Trinajstić information content (AvgIpc) is 2.74. The summed E-state index contributed by atoms with van der Waals surface area (Å²) in [6.07, 6.45) is 1.23. The molecule has 0 radical (unpaired) electrons. The van der Waals surface area contributed by atoms with Crippen molar-refractivity contribution in [2.45, 2.75) is 52.7 Å². The lowest BCUT2D eigenvalue weighted by molar-refractivity contribution is 0.0900. The molecule has 2 rings (SSSR count). The second-order valence-electron chi connectivity index (χ2n) is 5.83. The van der Waals surface area contributed by atoms with Crippen LogP contribution in [0.25, 0.3) is 0 Å². The van der Waals surface area contributed by atoms with E-state index in [1.165, 1.54) is 24.1 Å². The number of thiophene rings is 1. The summed E-state index contributed by atoms with van der Waals surface area (Å²) < 4.78 is 0. The van der Waals surface area contributed by atoms with E-state index >= 15 is 0 Å². The second kappa shape index (κ2) is 6.18. The normalized spacial score (nSPS) is 25.8. The predicted octanol–water partition coefficient (Wildman–Crippen LogP) is 3.26. The Morgan fingerprint density at radius 2 is 2.22 bits per heavy atom. The van der Waals surface area contributed by atoms with Crippen LogP contribution in [-0.2, 0) is 6.54 Å². The molecule has 2 heterocycles. The number of hydrogen-bond acceptors (Lipinski definition) is 3. The maximum Gasteiger partial charge on any atom is 0.0248 e. The van der Waals surface area contributed by atoms with E-state index in [0.29, 0.717) is 18.0 Å². The first-order valence-electron chi connectivity index (χ1n) is 7.11. The van der Waals surface area contributed by atoms with Crippen LogP contribution < -0.4 is 5.32 Å². The Morgan fingerprint density at radius 3 is 2.78 bits per heavy atom. The molecule has 18 heavy (non-hydrogen) atoms. The van der Waals surface area contributed by atoms with Gasteiger partial charge in [-0.1, -0.05) is 20.8 Å². The average molecular weight is 266 g/mol. The molecule has 0 bridgehead atoms. The highest BCUT2D eigenvalue weighted by atomic mass is 32.1. The largest absolute Gasteiger partial charge is 0.311 e. The van der Waals surface area contributed by atoms with Crippen molar-refractivity contribution in [2.75, 3.05) is 13.1 Å². The Balaban J connectivity index is 2.07. The topological polar surface area (TPSA) is 15.3 Å². The summed E-state index contributed by atoms with van der Waals surface area (Å²) in [5.41, 5.74) is 2.97. The number of piperazine rings is 1. The zero-order valence-electron chi connectivity index (χ0n) is 12.1. The first-order chi connectivity index (χ1) is 8.61. The number of aryl methyl sites for hydroxylation is 1. The molecule has 0 saturated carbocycles. The summed E-state index contributed by atoms with van der Waals surface area (Å²) in [7, 11) is 0. The Morgan fingerprint density at radius 1 is 1.44 bits per heavy atom. The molecule has 1 saturated heterocycles. The van der Waals surface area contributed by atoms with Crippen molar-refractivity contribution in [1.29, 1.82) is 0 Å². The van der Waals surface area contributed by atoms with Crippen LogP contribution >= 0.6 is 11.3 Å². The van der Waals surface area contributed by atoms with Crippen molar-refractivity contribution in [3.8, 4) is 0 Å². The minimum Gasteiger partial charge on any atom is -0.311 e. The van der Waals surface area contributed by atoms with Crippen LogP contribution in [-0.4, -0.2) is 30.1 Å². The van der Waals surface area contributed by atoms with E-state index in [4.69, 9.17) is 0 Å². The van der Waals surface area contributed by atoms with Gasteiger partial charge in [-0.25, -0.2) is 0 Å². The third-order valence-corrected chi connectivity index (χ3v) is 5.05. The van der Waals surface area contributed by atoms with E-state index in [1.807, 2.05) is 11.3 Å². The van der Waals surface area contributed by atoms with Gasteiger partial charge in [0.05, 0.1) is 0 Å². The molecular formula is C15H26N2S. The zero-order chi connectivity index (χ0) is 13.1. The summed E-state index contributed by atoms with van der Waals surface area (Å²) in [6.45, 7) is 12.6. The molecule has 1 fully saturated rings. The van der Waals surface area contributed by atoms with Crippen molar-refractivity contribution in [1.82, 2.24) is 10.2 Å². The third-order valence-electron chi connectivity index (χ3n) is 4.14. The van der Waals surface area contributed by atoms with Gasteiger partial charge in [0.2, 0.25) is 0 Å². The SMILES string of the molecule is CCC1CN(Cc2cscc2C)C(C(C)C)CN1. The minimum atomic E-state index is 0.666. The molecule has 1 aliphatic heterocycles. The van der Waals surface area contributed by atoms with Gasteiger partial charge in [0.15, 0.2) is 0 Å². The van der Waals surface area contributed by atoms with E-state index in [2.05, 4.69) is 48.7 Å². The standard InChI is InChI=1S/C15H26N2S/c1-5-14-8-17(15(6-16-14)11(2)3)7-13-10-18-9-12(13)4/h9-11,14-16H,5-8H2,1-4H3. The van der Waals surface area contributed by atoms with Crippen molar-refractivity contribution in [3.63, 3.8) is 0 Å². The minimum absolute atomic E-state index is 0.666. The summed E-state index contributed by atoms with van der Waals surface area (Å²) in [6, 6.07) is 1.34. The van der Waals surface area contributed by atoms with E-state index < -0.39 is 0 Å². The first kappa shape index (κ1) is 14.0. The molecule has 1 aromatic rings. The molecule has 3 heteroatoms. The molecule has 2 unspecified atom stereocenters. The highest BCUT2D eigenvalue weighted by Gasteiger charge is 2.29. The van der Waals surface area contributed by atoms with Crippen LogP contribution in [0.4, 0.5) is 0 Å². The number of rotatable bonds is 4. The van der Waals surface area contributed by atoms with Gasteiger partial charge in [-0.2, -0.15) is 11.3 Å². The monoisotopic (exact) mass is 266 g/mol. The molecule has 0 aliphatic carbocycles. The Bertz CT molecular complexity index is 372. The quantitative estimate of drug-likeness (QED) is 0.900. The third kappa shape index (κ3) is 3.14. The number of nitrogens with one attached hydrogen (secondary N) is 1. The zero-order valence-corrected chi connectivity index (χ0v) is 12.9. The van der Waals surface area contributed by atoms with Gasteiger partial charge in [-0.05, 0) is 41.1 Å². The maximum absolute atomic E-state index is 3.69. The van der Waals surface area contributed by atoms with Gasteiger partial charge < -0.3 is 5.32 Å². The summed E-state index contributed by atoms with van der Waals surface area (Å²) >= 11 is 1.83. The Kier molecular flexibility index (Phi) is 4.82. The van der Waals surface area contributed by atoms with Gasteiger partial charge in [-0.3, -0.25) is 4.90 Å². The lowest BCUT2D eigenvalue weighted by Gasteiger charge is -2.42. The number of hydrogen-bond donors (Lipinski definition) is 1. The molecule has 1 aliphatic rings. The molecule has 0 aromatic carbocycles. The van der Waals surface area contributed by atoms with Crippen molar-refractivity contribution in [2.24, 2.45) is 5.92 Å². The van der Waals surface area contributed by atoms with Crippen LogP contribution in [0, 0.1) is 12.8 Å². The molecular weight excluding hydrogens is 240 g/mol. The lowest BCUT2D eigenvalue weighted by atomic mass is 9.97. The second-order valence-corrected chi connectivity index (χ2v) is 6.58. The van der Waals surface area contributed by atoms with Crippen molar-refractivity contribution >= 4 is 11.3 Å². The molecule has 1 N–H and O–H groups in total. The highest BCUT2D eigenvalue weighted by Crippen LogP contribution is 2.22. The van der Waals surface area contributed by atoms with Crippen LogP contribution in [0.5, 0.6) is 0 Å². The fraction of sp³-hybridized carbons (Fsp3) is 0.733.